The lowest BCUT2D eigenvalue weighted by Crippen LogP contribution is -2.14. The van der Waals surface area contributed by atoms with Crippen molar-refractivity contribution in [2.24, 2.45) is 0 Å². The Labute approximate surface area is 106 Å². The van der Waals surface area contributed by atoms with Crippen molar-refractivity contribution >= 4 is 27.2 Å². The summed E-state index contributed by atoms with van der Waals surface area (Å²) in [5.74, 6) is 0. The van der Waals surface area contributed by atoms with E-state index in [4.69, 9.17) is 0 Å². The molecule has 0 saturated heterocycles. The number of rotatable bonds is 3. The molecule has 1 atom stereocenters. The Hall–Kier alpha value is -1.11. The van der Waals surface area contributed by atoms with Gasteiger partial charge in [-0.3, -0.25) is 0 Å². The molecule has 17 heavy (non-hydrogen) atoms. The number of hydrogen-bond donors (Lipinski definition) is 1. The molecule has 0 aliphatic heterocycles. The van der Waals surface area contributed by atoms with Crippen LogP contribution in [0, 0.1) is 0 Å². The van der Waals surface area contributed by atoms with Crippen molar-refractivity contribution in [2.75, 3.05) is 0 Å². The second-order valence-corrected chi connectivity index (χ2v) is 5.25. The topological polar surface area (TPSA) is 20.2 Å². The monoisotopic (exact) mass is 244 g/mol. The van der Waals surface area contributed by atoms with Crippen LogP contribution in [0.2, 0.25) is 0 Å². The maximum atomic E-state index is 10.4. The van der Waals surface area contributed by atoms with E-state index in [-0.39, 0.29) is 8.41 Å². The van der Waals surface area contributed by atoms with Crippen LogP contribution < -0.4 is 10.6 Å². The van der Waals surface area contributed by atoms with Gasteiger partial charge in [0.05, 0.1) is 16.6 Å². The third-order valence-electron chi connectivity index (χ3n) is 2.60. The molecule has 0 bridgehead atoms. The molecule has 0 spiro atoms. The Morgan fingerprint density at radius 2 is 1.53 bits per heavy atom. The van der Waals surface area contributed by atoms with Crippen LogP contribution in [0.4, 0.5) is 0 Å². The molecule has 0 aliphatic carbocycles. The number of benzene rings is 2. The summed E-state index contributed by atoms with van der Waals surface area (Å²) >= 11 is 0. The highest BCUT2D eigenvalue weighted by Gasteiger charge is 2.12. The predicted octanol–water partition coefficient (Wildman–Crippen LogP) is 1.41. The molecule has 2 aromatic carbocycles. The Balaban J connectivity index is 0.00000144. The van der Waals surface area contributed by atoms with E-state index in [1.54, 1.807) is 0 Å². The van der Waals surface area contributed by atoms with Gasteiger partial charge in [0.2, 0.25) is 0 Å². The van der Waals surface area contributed by atoms with Gasteiger partial charge < -0.3 is 4.89 Å². The third kappa shape index (κ3) is 3.18. The van der Waals surface area contributed by atoms with Gasteiger partial charge in [-0.05, 0) is 12.0 Å². The van der Waals surface area contributed by atoms with Crippen molar-refractivity contribution < 1.29 is 4.89 Å². The molecule has 3 heteroatoms. The minimum Gasteiger partial charge on any atom is -0.364 e. The predicted molar refractivity (Wildman–Crippen MR) is 80.6 cm³/mol. The molecule has 0 amide bonds. The molecule has 2 rings (SSSR count). The van der Waals surface area contributed by atoms with E-state index in [1.807, 2.05) is 48.5 Å². The van der Waals surface area contributed by atoms with E-state index in [0.717, 1.165) is 17.0 Å². The highest BCUT2D eigenvalue weighted by atomic mass is 31.1. The first-order chi connectivity index (χ1) is 7.83. The fraction of sp³-hybridized carbons (Fsp3) is 0.143. The summed E-state index contributed by atoms with van der Waals surface area (Å²) in [4.78, 5) is 10.4. The molecule has 0 radical (unpaired) electrons. The number of aryl methyl sites for hydroxylation is 1. The van der Waals surface area contributed by atoms with Gasteiger partial charge in [-0.2, -0.15) is 0 Å². The van der Waals surface area contributed by atoms with Crippen molar-refractivity contribution in [1.29, 1.82) is 0 Å². The van der Waals surface area contributed by atoms with E-state index in [9.17, 15) is 4.89 Å². The SMILES string of the molecule is B.CCc1ccccc1P(O)c1ccccc1. The largest absolute Gasteiger partial charge is 0.364 e. The van der Waals surface area contributed by atoms with Crippen LogP contribution in [-0.4, -0.2) is 13.3 Å². The lowest BCUT2D eigenvalue weighted by molar-refractivity contribution is 0.644. The molecule has 0 heterocycles. The second-order valence-electron chi connectivity index (χ2n) is 3.63. The van der Waals surface area contributed by atoms with Crippen molar-refractivity contribution in [3.63, 3.8) is 0 Å². The molecule has 1 nitrogen and oxygen atoms in total. The van der Waals surface area contributed by atoms with Crippen molar-refractivity contribution in [2.45, 2.75) is 13.3 Å². The first-order valence-corrected chi connectivity index (χ1v) is 6.74. The van der Waals surface area contributed by atoms with E-state index >= 15 is 0 Å². The first kappa shape index (κ1) is 14.0. The van der Waals surface area contributed by atoms with Gasteiger partial charge in [0.25, 0.3) is 0 Å². The van der Waals surface area contributed by atoms with Gasteiger partial charge in [0, 0.05) is 10.6 Å². The molecule has 0 aromatic heterocycles. The molecule has 0 fully saturated rings. The van der Waals surface area contributed by atoms with Crippen LogP contribution in [0.15, 0.2) is 54.6 Å². The fourth-order valence-corrected chi connectivity index (χ4v) is 3.19. The molecule has 1 unspecified atom stereocenters. The summed E-state index contributed by atoms with van der Waals surface area (Å²) in [7, 11) is -1.20. The molecule has 2 aromatic rings. The minimum absolute atomic E-state index is 0. The zero-order valence-electron chi connectivity index (χ0n) is 9.30. The van der Waals surface area contributed by atoms with Gasteiger partial charge in [0.1, 0.15) is 0 Å². The van der Waals surface area contributed by atoms with Crippen molar-refractivity contribution in [3.8, 4) is 0 Å². The Bertz CT molecular complexity index is 459. The van der Waals surface area contributed by atoms with Crippen LogP contribution >= 0.6 is 8.15 Å². The number of hydrogen-bond acceptors (Lipinski definition) is 1. The van der Waals surface area contributed by atoms with E-state index < -0.39 is 8.15 Å². The van der Waals surface area contributed by atoms with Crippen LogP contribution in [0.25, 0.3) is 0 Å². The zero-order chi connectivity index (χ0) is 11.4. The molecule has 0 saturated carbocycles. The van der Waals surface area contributed by atoms with Gasteiger partial charge in [0.15, 0.2) is 0 Å². The Morgan fingerprint density at radius 3 is 2.18 bits per heavy atom. The Morgan fingerprint density at radius 1 is 0.941 bits per heavy atom. The smallest absolute Gasteiger partial charge is 0.0880 e. The maximum absolute atomic E-state index is 10.4. The second kappa shape index (κ2) is 6.59. The summed E-state index contributed by atoms with van der Waals surface area (Å²) in [6, 6.07) is 18.0. The van der Waals surface area contributed by atoms with Crippen LogP contribution in [-0.2, 0) is 6.42 Å². The quantitative estimate of drug-likeness (QED) is 0.639. The highest BCUT2D eigenvalue weighted by molar-refractivity contribution is 7.67. The van der Waals surface area contributed by atoms with E-state index in [2.05, 4.69) is 13.0 Å². The fourth-order valence-electron chi connectivity index (χ4n) is 1.72. The van der Waals surface area contributed by atoms with Crippen LogP contribution in [0.1, 0.15) is 12.5 Å². The summed E-state index contributed by atoms with van der Waals surface area (Å²) < 4.78 is 0. The van der Waals surface area contributed by atoms with E-state index in [0.29, 0.717) is 0 Å². The van der Waals surface area contributed by atoms with E-state index in [1.165, 1.54) is 5.56 Å². The van der Waals surface area contributed by atoms with Gasteiger partial charge in [-0.1, -0.05) is 61.5 Å². The molecular weight excluding hydrogens is 226 g/mol. The molecular formula is C14H18BOP. The van der Waals surface area contributed by atoms with Crippen LogP contribution in [0.3, 0.4) is 0 Å². The summed E-state index contributed by atoms with van der Waals surface area (Å²) in [6.07, 6.45) is 0.961. The molecule has 0 aliphatic rings. The summed E-state index contributed by atoms with van der Waals surface area (Å²) in [5.41, 5.74) is 1.24. The van der Waals surface area contributed by atoms with Gasteiger partial charge in [-0.25, -0.2) is 0 Å². The minimum atomic E-state index is -1.20. The average Bonchev–Trinajstić information content (AvgIpc) is 2.39. The lowest BCUT2D eigenvalue weighted by atomic mass is 10.2. The first-order valence-electron chi connectivity index (χ1n) is 5.45. The Kier molecular flexibility index (Phi) is 5.41. The normalized spacial score (nSPS) is 11.6. The highest BCUT2D eigenvalue weighted by Crippen LogP contribution is 2.29. The summed E-state index contributed by atoms with van der Waals surface area (Å²) in [5, 5.41) is 2.09. The van der Waals surface area contributed by atoms with Gasteiger partial charge >= 0.3 is 0 Å². The van der Waals surface area contributed by atoms with Crippen molar-refractivity contribution in [1.82, 2.24) is 0 Å². The lowest BCUT2D eigenvalue weighted by Gasteiger charge is -2.14. The zero-order valence-corrected chi connectivity index (χ0v) is 10.2. The molecule has 1 N–H and O–H groups in total. The van der Waals surface area contributed by atoms with Gasteiger partial charge in [-0.15, -0.1) is 0 Å². The average molecular weight is 244 g/mol. The summed E-state index contributed by atoms with van der Waals surface area (Å²) in [6.45, 7) is 2.12. The standard InChI is InChI=1S/C14H15OP.BH3/c1-2-12-8-6-7-11-14(12)16(15)13-9-4-3-5-10-13;/h3-11,15H,2H2,1H3;1H3. The van der Waals surface area contributed by atoms with Crippen LogP contribution in [0.5, 0.6) is 0 Å². The van der Waals surface area contributed by atoms with Crippen molar-refractivity contribution in [3.05, 3.63) is 60.2 Å². The maximum Gasteiger partial charge on any atom is 0.0880 e. The molecule has 88 valence electrons. The third-order valence-corrected chi connectivity index (χ3v) is 4.28.